The number of hydrogen-bond acceptors (Lipinski definition) is 5. The molecule has 0 radical (unpaired) electrons. The van der Waals surface area contributed by atoms with Gasteiger partial charge >= 0.3 is 5.97 Å². The van der Waals surface area contributed by atoms with E-state index in [1.807, 2.05) is 6.07 Å². The second-order valence-corrected chi connectivity index (χ2v) is 9.73. The number of ether oxygens (including phenoxy) is 1. The molecule has 2 heterocycles. The fraction of sp³-hybridized carbons (Fsp3) is 0.444. The molecule has 1 spiro atoms. The van der Waals surface area contributed by atoms with Gasteiger partial charge in [-0.2, -0.15) is 0 Å². The van der Waals surface area contributed by atoms with Crippen molar-refractivity contribution in [2.24, 2.45) is 0 Å². The van der Waals surface area contributed by atoms with Crippen molar-refractivity contribution in [3.05, 3.63) is 39.9 Å². The Hall–Kier alpha value is -1.71. The summed E-state index contributed by atoms with van der Waals surface area (Å²) in [6.45, 7) is 3.59. The summed E-state index contributed by atoms with van der Waals surface area (Å²) in [5.41, 5.74) is 0.0677. The standard InChI is InChI=1S/C18H21BrN2O5S/c1-3-27(24,25)21-10-8-18(9-11-21)15(12(2)17(23)26-18)16(22)20-14-7-5-4-6-13(14)19/h4-7H,3,8-11H2,1-2H3,(H,20,22). The summed E-state index contributed by atoms with van der Waals surface area (Å²) < 4.78 is 31.9. The van der Waals surface area contributed by atoms with Crippen LogP contribution in [0.5, 0.6) is 0 Å². The lowest BCUT2D eigenvalue weighted by molar-refractivity contribution is -0.149. The summed E-state index contributed by atoms with van der Waals surface area (Å²) in [5.74, 6) is -0.916. The fourth-order valence-electron chi connectivity index (χ4n) is 3.53. The first kappa shape index (κ1) is 20.0. The number of benzene rings is 1. The first-order valence-corrected chi connectivity index (χ1v) is 11.1. The molecule has 1 aromatic carbocycles. The number of amides is 1. The Kier molecular flexibility index (Phi) is 5.47. The summed E-state index contributed by atoms with van der Waals surface area (Å²) in [5, 5.41) is 2.82. The van der Waals surface area contributed by atoms with Crippen LogP contribution in [0.15, 0.2) is 39.9 Å². The summed E-state index contributed by atoms with van der Waals surface area (Å²) in [6.07, 6.45) is 0.516. The van der Waals surface area contributed by atoms with Gasteiger partial charge in [0.05, 0.1) is 17.0 Å². The number of halogens is 1. The highest BCUT2D eigenvalue weighted by molar-refractivity contribution is 9.10. The molecule has 0 atom stereocenters. The second kappa shape index (κ2) is 7.37. The summed E-state index contributed by atoms with van der Waals surface area (Å²) in [4.78, 5) is 25.2. The molecule has 1 N–H and O–H groups in total. The molecule has 1 aromatic rings. The Morgan fingerprint density at radius 2 is 1.93 bits per heavy atom. The number of nitrogens with zero attached hydrogens (tertiary/aromatic N) is 1. The number of para-hydroxylation sites is 1. The highest BCUT2D eigenvalue weighted by atomic mass is 79.9. The maximum Gasteiger partial charge on any atom is 0.335 e. The number of piperidine rings is 1. The molecule has 3 rings (SSSR count). The van der Waals surface area contributed by atoms with Gasteiger partial charge in [0.15, 0.2) is 0 Å². The highest BCUT2D eigenvalue weighted by Crippen LogP contribution is 2.42. The number of hydrogen-bond donors (Lipinski definition) is 1. The quantitative estimate of drug-likeness (QED) is 0.702. The monoisotopic (exact) mass is 456 g/mol. The number of carbonyl (C=O) groups excluding carboxylic acids is 2. The van der Waals surface area contributed by atoms with Crippen molar-refractivity contribution in [3.63, 3.8) is 0 Å². The third-order valence-electron chi connectivity index (χ3n) is 5.06. The van der Waals surface area contributed by atoms with E-state index in [4.69, 9.17) is 4.74 Å². The Balaban J connectivity index is 1.86. The van der Waals surface area contributed by atoms with E-state index in [1.165, 1.54) is 4.31 Å². The van der Waals surface area contributed by atoms with Crippen LogP contribution in [0.2, 0.25) is 0 Å². The zero-order chi connectivity index (χ0) is 19.8. The molecule has 0 unspecified atom stereocenters. The van der Waals surface area contributed by atoms with Crippen LogP contribution in [-0.4, -0.2) is 49.0 Å². The number of rotatable bonds is 4. The predicted molar refractivity (Wildman–Crippen MR) is 105 cm³/mol. The van der Waals surface area contributed by atoms with E-state index in [-0.39, 0.29) is 42.8 Å². The number of nitrogens with one attached hydrogen (secondary N) is 1. The third-order valence-corrected chi connectivity index (χ3v) is 7.64. The molecule has 0 saturated carbocycles. The van der Waals surface area contributed by atoms with Gasteiger partial charge in [-0.25, -0.2) is 17.5 Å². The van der Waals surface area contributed by atoms with Crippen LogP contribution in [0.3, 0.4) is 0 Å². The lowest BCUT2D eigenvalue weighted by Gasteiger charge is -2.38. The summed E-state index contributed by atoms with van der Waals surface area (Å²) in [6, 6.07) is 7.18. The zero-order valence-electron chi connectivity index (χ0n) is 15.1. The molecule has 0 aliphatic carbocycles. The van der Waals surface area contributed by atoms with E-state index >= 15 is 0 Å². The minimum absolute atomic E-state index is 0.0179. The molecular weight excluding hydrogens is 436 g/mol. The Bertz CT molecular complexity index is 917. The molecule has 2 aliphatic heterocycles. The molecule has 0 bridgehead atoms. The van der Waals surface area contributed by atoms with Gasteiger partial charge in [-0.1, -0.05) is 12.1 Å². The van der Waals surface area contributed by atoms with Gasteiger partial charge in [0.1, 0.15) is 5.60 Å². The average molecular weight is 457 g/mol. The fourth-order valence-corrected chi connectivity index (χ4v) is 5.02. The van der Waals surface area contributed by atoms with Crippen molar-refractivity contribution in [1.82, 2.24) is 4.31 Å². The number of sulfonamides is 1. The molecule has 2 aliphatic rings. The van der Waals surface area contributed by atoms with E-state index in [0.29, 0.717) is 5.69 Å². The Morgan fingerprint density at radius 3 is 2.52 bits per heavy atom. The van der Waals surface area contributed by atoms with Crippen LogP contribution in [0.25, 0.3) is 0 Å². The molecule has 1 saturated heterocycles. The first-order chi connectivity index (χ1) is 12.7. The van der Waals surface area contributed by atoms with Crippen molar-refractivity contribution in [1.29, 1.82) is 0 Å². The van der Waals surface area contributed by atoms with Gasteiger partial charge in [0.2, 0.25) is 10.0 Å². The highest BCUT2D eigenvalue weighted by Gasteiger charge is 2.51. The third kappa shape index (κ3) is 3.68. The Labute approximate surface area is 166 Å². The van der Waals surface area contributed by atoms with Crippen LogP contribution >= 0.6 is 15.9 Å². The lowest BCUT2D eigenvalue weighted by atomic mass is 9.83. The largest absolute Gasteiger partial charge is 0.450 e. The van der Waals surface area contributed by atoms with Gasteiger partial charge in [0, 0.05) is 36.0 Å². The van der Waals surface area contributed by atoms with Crippen LogP contribution in [0, 0.1) is 0 Å². The van der Waals surface area contributed by atoms with Crippen LogP contribution < -0.4 is 5.32 Å². The summed E-state index contributed by atoms with van der Waals surface area (Å²) >= 11 is 3.38. The molecule has 146 valence electrons. The zero-order valence-corrected chi connectivity index (χ0v) is 17.5. The molecule has 1 fully saturated rings. The topological polar surface area (TPSA) is 92.8 Å². The normalized spacial score (nSPS) is 20.0. The van der Waals surface area contributed by atoms with Crippen LogP contribution in [-0.2, 0) is 24.3 Å². The SMILES string of the molecule is CCS(=O)(=O)N1CCC2(CC1)OC(=O)C(C)=C2C(=O)Nc1ccccc1Br. The molecule has 0 aromatic heterocycles. The summed E-state index contributed by atoms with van der Waals surface area (Å²) in [7, 11) is -3.32. The minimum atomic E-state index is -3.32. The molecular formula is C18H21BrN2O5S. The molecule has 9 heteroatoms. The van der Waals surface area contributed by atoms with E-state index < -0.39 is 27.5 Å². The van der Waals surface area contributed by atoms with Gasteiger partial charge in [0.25, 0.3) is 5.91 Å². The molecule has 27 heavy (non-hydrogen) atoms. The van der Waals surface area contributed by atoms with E-state index in [2.05, 4.69) is 21.2 Å². The Morgan fingerprint density at radius 1 is 1.30 bits per heavy atom. The smallest absolute Gasteiger partial charge is 0.335 e. The maximum atomic E-state index is 13.0. The average Bonchev–Trinajstić information content (AvgIpc) is 2.87. The van der Waals surface area contributed by atoms with Crippen LogP contribution in [0.4, 0.5) is 5.69 Å². The van der Waals surface area contributed by atoms with Gasteiger partial charge in [-0.3, -0.25) is 4.79 Å². The van der Waals surface area contributed by atoms with Crippen molar-refractivity contribution in [2.45, 2.75) is 32.3 Å². The van der Waals surface area contributed by atoms with E-state index in [9.17, 15) is 18.0 Å². The first-order valence-electron chi connectivity index (χ1n) is 8.68. The predicted octanol–water partition coefficient (Wildman–Crippen LogP) is 2.45. The van der Waals surface area contributed by atoms with Gasteiger partial charge < -0.3 is 10.1 Å². The van der Waals surface area contributed by atoms with Gasteiger partial charge in [-0.05, 0) is 41.9 Å². The van der Waals surface area contributed by atoms with Crippen molar-refractivity contribution in [2.75, 3.05) is 24.2 Å². The number of carbonyl (C=O) groups is 2. The van der Waals surface area contributed by atoms with Gasteiger partial charge in [-0.15, -0.1) is 0 Å². The minimum Gasteiger partial charge on any atom is -0.450 e. The van der Waals surface area contributed by atoms with Crippen LogP contribution in [0.1, 0.15) is 26.7 Å². The molecule has 1 amide bonds. The van der Waals surface area contributed by atoms with E-state index in [0.717, 1.165) is 4.47 Å². The lowest BCUT2D eigenvalue weighted by Crippen LogP contribution is -2.49. The van der Waals surface area contributed by atoms with Crippen molar-refractivity contribution >= 4 is 43.5 Å². The number of anilines is 1. The van der Waals surface area contributed by atoms with Crippen molar-refractivity contribution < 1.29 is 22.7 Å². The van der Waals surface area contributed by atoms with E-state index in [1.54, 1.807) is 32.0 Å². The van der Waals surface area contributed by atoms with Crippen molar-refractivity contribution in [3.8, 4) is 0 Å². The maximum absolute atomic E-state index is 13.0. The molecule has 7 nitrogen and oxygen atoms in total. The second-order valence-electron chi connectivity index (χ2n) is 6.62. The number of esters is 1.